The van der Waals surface area contributed by atoms with E-state index in [1.54, 1.807) is 29.7 Å². The standard InChI is InChI=1S/C33H33N3O4S/c1-33(2,3)24-15-18-27-29(19-24)41-32(30(27)31(37)35-25-10-5-4-6-11-25)34-20-23-9-7-8-12-28(23)40-21-22-13-16-26(17-14-22)36(38)39/h4-14,16-17,20,24H,15,18-19,21H2,1-3H3,(H,35,37)/t24-/m0/s1. The maximum absolute atomic E-state index is 13.6. The van der Waals surface area contributed by atoms with Crippen LogP contribution in [0.15, 0.2) is 83.9 Å². The van der Waals surface area contributed by atoms with Crippen LogP contribution in [0.1, 0.15) is 59.1 Å². The van der Waals surface area contributed by atoms with E-state index in [0.717, 1.165) is 41.6 Å². The number of ether oxygens (including phenoxy) is 1. The van der Waals surface area contributed by atoms with Crippen molar-refractivity contribution in [2.24, 2.45) is 16.3 Å². The third-order valence-electron chi connectivity index (χ3n) is 7.51. The van der Waals surface area contributed by atoms with Gasteiger partial charge in [0.05, 0.1) is 10.5 Å². The lowest BCUT2D eigenvalue weighted by Gasteiger charge is -2.33. The number of nitro benzene ring substituents is 1. The summed E-state index contributed by atoms with van der Waals surface area (Å²) in [6.07, 6.45) is 4.60. The molecule has 0 saturated carbocycles. The number of carbonyl (C=O) groups is 1. The minimum atomic E-state index is -0.420. The SMILES string of the molecule is CC(C)(C)[C@H]1CCc2c(sc(N=Cc3ccccc3OCc3ccc([N+](=O)[O-])cc3)c2C(=O)Nc2ccccc2)C1. The number of hydrogen-bond donors (Lipinski definition) is 1. The molecule has 1 amide bonds. The number of benzene rings is 3. The fraction of sp³-hybridized carbons (Fsp3) is 0.273. The monoisotopic (exact) mass is 567 g/mol. The molecule has 1 heterocycles. The molecule has 0 aliphatic heterocycles. The number of para-hydroxylation sites is 2. The second-order valence-corrected chi connectivity index (χ2v) is 12.4. The predicted octanol–water partition coefficient (Wildman–Crippen LogP) is 8.39. The number of nitro groups is 1. The van der Waals surface area contributed by atoms with Crippen LogP contribution in [0.25, 0.3) is 0 Å². The van der Waals surface area contributed by atoms with Crippen LogP contribution >= 0.6 is 11.3 Å². The Labute approximate surface area is 244 Å². The van der Waals surface area contributed by atoms with Crippen LogP contribution < -0.4 is 10.1 Å². The minimum Gasteiger partial charge on any atom is -0.488 e. The first kappa shape index (κ1) is 28.2. The fourth-order valence-electron chi connectivity index (χ4n) is 5.07. The molecule has 0 saturated heterocycles. The van der Waals surface area contributed by atoms with E-state index < -0.39 is 4.92 Å². The molecule has 210 valence electrons. The maximum Gasteiger partial charge on any atom is 0.269 e. The summed E-state index contributed by atoms with van der Waals surface area (Å²) in [7, 11) is 0. The van der Waals surface area contributed by atoms with E-state index in [0.29, 0.717) is 22.2 Å². The van der Waals surface area contributed by atoms with E-state index in [4.69, 9.17) is 9.73 Å². The van der Waals surface area contributed by atoms with Crippen molar-refractivity contribution in [3.8, 4) is 5.75 Å². The molecule has 1 N–H and O–H groups in total. The number of carbonyl (C=O) groups excluding carboxylic acids is 1. The van der Waals surface area contributed by atoms with E-state index in [2.05, 4.69) is 26.1 Å². The summed E-state index contributed by atoms with van der Waals surface area (Å²) < 4.78 is 6.06. The lowest BCUT2D eigenvalue weighted by atomic mass is 9.72. The lowest BCUT2D eigenvalue weighted by Crippen LogP contribution is -2.27. The predicted molar refractivity (Wildman–Crippen MR) is 165 cm³/mol. The summed E-state index contributed by atoms with van der Waals surface area (Å²) in [5.41, 5.74) is 4.35. The first-order valence-corrected chi connectivity index (χ1v) is 14.5. The Balaban J connectivity index is 1.42. The number of nitrogens with zero attached hydrogens (tertiary/aromatic N) is 2. The average molecular weight is 568 g/mol. The van der Waals surface area contributed by atoms with E-state index in [1.807, 2.05) is 54.6 Å². The first-order chi connectivity index (χ1) is 19.7. The van der Waals surface area contributed by atoms with Gasteiger partial charge in [0.1, 0.15) is 17.4 Å². The third-order valence-corrected chi connectivity index (χ3v) is 8.67. The molecular weight excluding hydrogens is 534 g/mol. The highest BCUT2D eigenvalue weighted by Gasteiger charge is 2.33. The number of fused-ring (bicyclic) bond motifs is 1. The van der Waals surface area contributed by atoms with Crippen molar-refractivity contribution in [1.29, 1.82) is 0 Å². The van der Waals surface area contributed by atoms with Crippen molar-refractivity contribution in [2.75, 3.05) is 5.32 Å². The number of thiophene rings is 1. The zero-order chi connectivity index (χ0) is 29.0. The van der Waals surface area contributed by atoms with Gasteiger partial charge in [-0.3, -0.25) is 14.9 Å². The van der Waals surface area contributed by atoms with Gasteiger partial charge in [-0.25, -0.2) is 4.99 Å². The highest BCUT2D eigenvalue weighted by Crippen LogP contribution is 2.45. The molecule has 0 spiro atoms. The number of nitrogens with one attached hydrogen (secondary N) is 1. The van der Waals surface area contributed by atoms with Crippen LogP contribution in [0.4, 0.5) is 16.4 Å². The molecule has 41 heavy (non-hydrogen) atoms. The summed E-state index contributed by atoms with van der Waals surface area (Å²) in [5, 5.41) is 14.7. The summed E-state index contributed by atoms with van der Waals surface area (Å²) in [5.74, 6) is 1.04. The molecule has 3 aromatic carbocycles. The molecule has 0 fully saturated rings. The Morgan fingerprint density at radius 2 is 1.78 bits per heavy atom. The Morgan fingerprint density at radius 3 is 2.49 bits per heavy atom. The summed E-state index contributed by atoms with van der Waals surface area (Å²) >= 11 is 1.61. The van der Waals surface area contributed by atoms with Gasteiger partial charge in [-0.1, -0.05) is 51.1 Å². The Hall–Kier alpha value is -4.30. The van der Waals surface area contributed by atoms with E-state index in [9.17, 15) is 14.9 Å². The van der Waals surface area contributed by atoms with Crippen molar-refractivity contribution < 1.29 is 14.5 Å². The number of anilines is 1. The van der Waals surface area contributed by atoms with Crippen molar-refractivity contribution in [2.45, 2.75) is 46.6 Å². The largest absolute Gasteiger partial charge is 0.488 e. The number of rotatable bonds is 8. The van der Waals surface area contributed by atoms with Gasteiger partial charge in [-0.15, -0.1) is 11.3 Å². The molecule has 7 nitrogen and oxygen atoms in total. The summed E-state index contributed by atoms with van der Waals surface area (Å²) in [6.45, 7) is 7.11. The van der Waals surface area contributed by atoms with E-state index >= 15 is 0 Å². The van der Waals surface area contributed by atoms with Crippen LogP contribution in [-0.4, -0.2) is 17.0 Å². The summed E-state index contributed by atoms with van der Waals surface area (Å²) in [6, 6.07) is 23.4. The van der Waals surface area contributed by atoms with Gasteiger partial charge in [0, 0.05) is 34.5 Å². The molecule has 1 aliphatic carbocycles. The molecule has 0 bridgehead atoms. The highest BCUT2D eigenvalue weighted by molar-refractivity contribution is 7.16. The van der Waals surface area contributed by atoms with Crippen molar-refractivity contribution in [3.63, 3.8) is 0 Å². The molecule has 0 unspecified atom stereocenters. The van der Waals surface area contributed by atoms with E-state index in [-0.39, 0.29) is 23.6 Å². The second kappa shape index (κ2) is 12.1. The topological polar surface area (TPSA) is 93.8 Å². The van der Waals surface area contributed by atoms with Gasteiger partial charge in [0.15, 0.2) is 0 Å². The van der Waals surface area contributed by atoms with Crippen LogP contribution in [0.2, 0.25) is 0 Å². The van der Waals surface area contributed by atoms with Crippen LogP contribution in [0.3, 0.4) is 0 Å². The molecule has 0 radical (unpaired) electrons. The third kappa shape index (κ3) is 6.72. The quantitative estimate of drug-likeness (QED) is 0.131. The molecule has 1 aliphatic rings. The number of non-ortho nitro benzene ring substituents is 1. The molecule has 1 atom stereocenters. The highest BCUT2D eigenvalue weighted by atomic mass is 32.1. The van der Waals surface area contributed by atoms with Gasteiger partial charge in [0.2, 0.25) is 0 Å². The zero-order valence-corrected chi connectivity index (χ0v) is 24.2. The van der Waals surface area contributed by atoms with Crippen LogP contribution in [-0.2, 0) is 19.4 Å². The van der Waals surface area contributed by atoms with Gasteiger partial charge >= 0.3 is 0 Å². The molecule has 5 rings (SSSR count). The Bertz CT molecular complexity index is 1570. The van der Waals surface area contributed by atoms with Crippen LogP contribution in [0, 0.1) is 21.4 Å². The molecular formula is C33H33N3O4S. The zero-order valence-electron chi connectivity index (χ0n) is 23.4. The number of aliphatic imine (C=N–C) groups is 1. The maximum atomic E-state index is 13.6. The van der Waals surface area contributed by atoms with Crippen LogP contribution in [0.5, 0.6) is 5.75 Å². The van der Waals surface area contributed by atoms with Gasteiger partial charge in [-0.2, -0.15) is 0 Å². The lowest BCUT2D eigenvalue weighted by molar-refractivity contribution is -0.384. The smallest absolute Gasteiger partial charge is 0.269 e. The Morgan fingerprint density at radius 1 is 1.07 bits per heavy atom. The Kier molecular flexibility index (Phi) is 8.31. The van der Waals surface area contributed by atoms with Gasteiger partial charge < -0.3 is 10.1 Å². The molecule has 1 aromatic heterocycles. The van der Waals surface area contributed by atoms with Crippen molar-refractivity contribution in [1.82, 2.24) is 0 Å². The van der Waals surface area contributed by atoms with Gasteiger partial charge in [0.25, 0.3) is 11.6 Å². The number of hydrogen-bond acceptors (Lipinski definition) is 6. The molecule has 4 aromatic rings. The molecule has 8 heteroatoms. The fourth-order valence-corrected chi connectivity index (χ4v) is 6.34. The van der Waals surface area contributed by atoms with Crippen molar-refractivity contribution >= 4 is 39.8 Å². The van der Waals surface area contributed by atoms with E-state index in [1.165, 1.54) is 17.0 Å². The van der Waals surface area contributed by atoms with Gasteiger partial charge in [-0.05, 0) is 78.1 Å². The number of amides is 1. The normalized spacial score (nSPS) is 15.0. The van der Waals surface area contributed by atoms with Crippen molar-refractivity contribution in [3.05, 3.63) is 116 Å². The minimum absolute atomic E-state index is 0.0425. The average Bonchev–Trinajstić information content (AvgIpc) is 3.33. The summed E-state index contributed by atoms with van der Waals surface area (Å²) in [4.78, 5) is 30.2. The second-order valence-electron chi connectivity index (χ2n) is 11.3. The first-order valence-electron chi connectivity index (χ1n) is 13.7.